The summed E-state index contributed by atoms with van der Waals surface area (Å²) in [6, 6.07) is 0. The summed E-state index contributed by atoms with van der Waals surface area (Å²) >= 11 is 0. The minimum absolute atomic E-state index is 0. The maximum Gasteiger partial charge on any atom is 1.00 e. The van der Waals surface area contributed by atoms with Crippen LogP contribution < -0.4 is 42.8 Å². The van der Waals surface area contributed by atoms with Crippen LogP contribution in [0.1, 0.15) is 25.7 Å². The number of hydrogen-bond acceptors (Lipinski definition) is 1. The van der Waals surface area contributed by atoms with Crippen LogP contribution >= 0.6 is 0 Å². The molecule has 0 aromatic carbocycles. The molecular formula is C7H10Li2O. The Bertz CT molecular complexity index is 87.8. The predicted octanol–water partition coefficient (Wildman–Crippen LogP) is -5.50. The molecule has 0 aromatic heterocycles. The molecule has 46 valence electrons. The molecule has 0 aliphatic heterocycles. The standard InChI is InChI=1S/C7H10O.2Li/c8-7(5-1-2-5)6-3-4-6;;/h5,7H,1-4H2;;/q-2;2*+1. The molecule has 1 atom stereocenters. The van der Waals surface area contributed by atoms with Gasteiger partial charge >= 0.3 is 37.7 Å². The van der Waals surface area contributed by atoms with Gasteiger partial charge in [0.05, 0.1) is 0 Å². The minimum atomic E-state index is -0.241. The second-order valence-corrected chi connectivity index (χ2v) is 2.92. The Morgan fingerprint density at radius 2 is 1.70 bits per heavy atom. The van der Waals surface area contributed by atoms with Crippen molar-refractivity contribution in [2.75, 3.05) is 0 Å². The largest absolute Gasteiger partial charge is 1.00 e. The number of rotatable bonds is 2. The van der Waals surface area contributed by atoms with E-state index in [4.69, 9.17) is 0 Å². The molecule has 1 nitrogen and oxygen atoms in total. The van der Waals surface area contributed by atoms with E-state index in [1.807, 2.05) is 0 Å². The Kier molecular flexibility index (Phi) is 4.74. The SMILES string of the molecule is [Li+].[Li+].[O-]C([C-]1CC1)C1CC1. The van der Waals surface area contributed by atoms with E-state index < -0.39 is 0 Å². The molecule has 0 spiro atoms. The third-order valence-electron chi connectivity index (χ3n) is 1.99. The maximum atomic E-state index is 11.0. The second kappa shape index (κ2) is 4.25. The fourth-order valence-electron chi connectivity index (χ4n) is 1.09. The van der Waals surface area contributed by atoms with Crippen molar-refractivity contribution in [3.8, 4) is 0 Å². The fourth-order valence-corrected chi connectivity index (χ4v) is 1.09. The van der Waals surface area contributed by atoms with Crippen molar-refractivity contribution >= 4 is 0 Å². The first kappa shape index (κ1) is 11.2. The molecule has 0 amide bonds. The molecule has 2 saturated carbocycles. The summed E-state index contributed by atoms with van der Waals surface area (Å²) in [4.78, 5) is 0. The van der Waals surface area contributed by atoms with Gasteiger partial charge in [-0.05, 0) is 0 Å². The van der Waals surface area contributed by atoms with E-state index in [0.717, 1.165) is 12.8 Å². The summed E-state index contributed by atoms with van der Waals surface area (Å²) < 4.78 is 0. The summed E-state index contributed by atoms with van der Waals surface area (Å²) in [6.07, 6.45) is 4.46. The van der Waals surface area contributed by atoms with Crippen molar-refractivity contribution in [2.45, 2.75) is 31.8 Å². The van der Waals surface area contributed by atoms with Crippen LogP contribution in [0.4, 0.5) is 0 Å². The third kappa shape index (κ3) is 2.65. The van der Waals surface area contributed by atoms with E-state index in [0.29, 0.717) is 5.92 Å². The van der Waals surface area contributed by atoms with Gasteiger partial charge in [0, 0.05) is 0 Å². The molecule has 0 saturated heterocycles. The van der Waals surface area contributed by atoms with Gasteiger partial charge in [-0.3, -0.25) is 6.10 Å². The topological polar surface area (TPSA) is 23.1 Å². The predicted molar refractivity (Wildman–Crippen MR) is 29.0 cm³/mol. The average Bonchev–Trinajstić information content (AvgIpc) is 2.63. The molecular weight excluding hydrogens is 114 g/mol. The first-order chi connectivity index (χ1) is 3.88. The molecule has 0 bridgehead atoms. The summed E-state index contributed by atoms with van der Waals surface area (Å²) in [7, 11) is 0. The Morgan fingerprint density at radius 3 is 2.00 bits per heavy atom. The molecule has 2 rings (SSSR count). The number of hydrogen-bond donors (Lipinski definition) is 0. The first-order valence-electron chi connectivity index (χ1n) is 3.38. The van der Waals surface area contributed by atoms with Crippen LogP contribution in [0.25, 0.3) is 0 Å². The van der Waals surface area contributed by atoms with Gasteiger partial charge in [-0.1, -0.05) is 18.8 Å². The van der Waals surface area contributed by atoms with E-state index in [9.17, 15) is 5.11 Å². The van der Waals surface area contributed by atoms with Gasteiger partial charge in [0.2, 0.25) is 0 Å². The van der Waals surface area contributed by atoms with Gasteiger partial charge < -0.3 is 11.0 Å². The quantitative estimate of drug-likeness (QED) is 0.266. The summed E-state index contributed by atoms with van der Waals surface area (Å²) in [5.74, 6) is 1.86. The van der Waals surface area contributed by atoms with Crippen molar-refractivity contribution in [1.82, 2.24) is 0 Å². The minimum Gasteiger partial charge on any atom is -0.875 e. The molecule has 2 aliphatic carbocycles. The van der Waals surface area contributed by atoms with Crippen molar-refractivity contribution in [2.24, 2.45) is 5.92 Å². The van der Waals surface area contributed by atoms with Crippen LogP contribution in [0.2, 0.25) is 0 Å². The summed E-state index contributed by atoms with van der Waals surface area (Å²) in [5, 5.41) is 11.0. The molecule has 0 N–H and O–H groups in total. The van der Waals surface area contributed by atoms with Gasteiger partial charge in [0.25, 0.3) is 0 Å². The van der Waals surface area contributed by atoms with Gasteiger partial charge in [-0.15, -0.1) is 0 Å². The fraction of sp³-hybridized carbons (Fsp3) is 0.857. The van der Waals surface area contributed by atoms with Gasteiger partial charge in [0.15, 0.2) is 0 Å². The molecule has 2 fully saturated rings. The summed E-state index contributed by atoms with van der Waals surface area (Å²) in [6.45, 7) is 0. The molecule has 0 radical (unpaired) electrons. The Labute approximate surface area is 86.3 Å². The van der Waals surface area contributed by atoms with Gasteiger partial charge in [-0.2, -0.15) is 0 Å². The third-order valence-corrected chi connectivity index (χ3v) is 1.99. The molecule has 1 unspecified atom stereocenters. The van der Waals surface area contributed by atoms with E-state index in [-0.39, 0.29) is 43.8 Å². The Balaban J connectivity index is 0.000000405. The van der Waals surface area contributed by atoms with E-state index in [1.165, 1.54) is 18.8 Å². The van der Waals surface area contributed by atoms with Crippen molar-refractivity contribution in [3.05, 3.63) is 5.92 Å². The smallest absolute Gasteiger partial charge is 0.875 e. The van der Waals surface area contributed by atoms with E-state index in [1.54, 1.807) is 0 Å². The maximum absolute atomic E-state index is 11.0. The van der Waals surface area contributed by atoms with Gasteiger partial charge in [0.1, 0.15) is 0 Å². The van der Waals surface area contributed by atoms with Crippen LogP contribution in [0, 0.1) is 11.8 Å². The summed E-state index contributed by atoms with van der Waals surface area (Å²) in [5.41, 5.74) is 0. The van der Waals surface area contributed by atoms with Crippen LogP contribution in [-0.2, 0) is 0 Å². The van der Waals surface area contributed by atoms with Crippen molar-refractivity contribution in [3.63, 3.8) is 0 Å². The molecule has 10 heavy (non-hydrogen) atoms. The monoisotopic (exact) mass is 124 g/mol. The second-order valence-electron chi connectivity index (χ2n) is 2.92. The van der Waals surface area contributed by atoms with E-state index in [2.05, 4.69) is 0 Å². The molecule has 2 aliphatic rings. The van der Waals surface area contributed by atoms with Gasteiger partial charge in [-0.25, -0.2) is 12.8 Å². The average molecular weight is 124 g/mol. The van der Waals surface area contributed by atoms with Crippen LogP contribution in [0.15, 0.2) is 0 Å². The van der Waals surface area contributed by atoms with Crippen molar-refractivity contribution < 1.29 is 42.8 Å². The van der Waals surface area contributed by atoms with Crippen LogP contribution in [0.3, 0.4) is 0 Å². The Hall–Kier alpha value is 1.15. The van der Waals surface area contributed by atoms with Crippen LogP contribution in [0.5, 0.6) is 0 Å². The normalized spacial score (nSPS) is 26.1. The van der Waals surface area contributed by atoms with Crippen molar-refractivity contribution in [1.29, 1.82) is 0 Å². The molecule has 0 aromatic rings. The zero-order chi connectivity index (χ0) is 5.56. The molecule has 3 heteroatoms. The van der Waals surface area contributed by atoms with E-state index >= 15 is 0 Å². The Morgan fingerprint density at radius 1 is 1.20 bits per heavy atom. The molecule has 0 heterocycles. The van der Waals surface area contributed by atoms with Crippen LogP contribution in [-0.4, -0.2) is 6.10 Å². The zero-order valence-electron chi connectivity index (χ0n) is 6.89. The first-order valence-corrected chi connectivity index (χ1v) is 3.38. The zero-order valence-corrected chi connectivity index (χ0v) is 6.89.